The molecule has 2 aromatic carbocycles. The molecule has 22 heavy (non-hydrogen) atoms. The van der Waals surface area contributed by atoms with Gasteiger partial charge in [-0.1, -0.05) is 12.1 Å². The Balaban J connectivity index is 1.81. The van der Waals surface area contributed by atoms with Crippen molar-refractivity contribution in [1.82, 2.24) is 9.66 Å². The van der Waals surface area contributed by atoms with Crippen LogP contribution in [0.3, 0.4) is 0 Å². The summed E-state index contributed by atoms with van der Waals surface area (Å²) in [5, 5.41) is 3.03. The van der Waals surface area contributed by atoms with Crippen LogP contribution in [0, 0.1) is 0 Å². The van der Waals surface area contributed by atoms with Gasteiger partial charge in [0.05, 0.1) is 10.9 Å². The van der Waals surface area contributed by atoms with Crippen molar-refractivity contribution in [3.63, 3.8) is 0 Å². The fourth-order valence-corrected chi connectivity index (χ4v) is 1.98. The molecule has 110 valence electrons. The number of aromatic nitrogens is 2. The molecule has 0 spiro atoms. The maximum absolute atomic E-state index is 12.2. The van der Waals surface area contributed by atoms with E-state index in [0.717, 1.165) is 4.68 Å². The number of anilines is 2. The van der Waals surface area contributed by atoms with E-state index >= 15 is 0 Å². The molecule has 0 aliphatic rings. The van der Waals surface area contributed by atoms with Crippen molar-refractivity contribution in [2.45, 2.75) is 0 Å². The Morgan fingerprint density at radius 2 is 1.82 bits per heavy atom. The van der Waals surface area contributed by atoms with E-state index in [1.54, 1.807) is 48.5 Å². The number of nitrogens with two attached hydrogens (primary N) is 1. The van der Waals surface area contributed by atoms with E-state index < -0.39 is 6.03 Å². The number of para-hydroxylation sites is 1. The predicted molar refractivity (Wildman–Crippen MR) is 85.2 cm³/mol. The van der Waals surface area contributed by atoms with Crippen molar-refractivity contribution in [2.24, 2.45) is 0 Å². The number of urea groups is 1. The van der Waals surface area contributed by atoms with Crippen molar-refractivity contribution in [3.8, 4) is 0 Å². The minimum atomic E-state index is -0.552. The number of benzene rings is 2. The Hall–Kier alpha value is -3.35. The summed E-state index contributed by atoms with van der Waals surface area (Å²) in [6, 6.07) is 13.0. The minimum absolute atomic E-state index is 0.349. The van der Waals surface area contributed by atoms with Crippen molar-refractivity contribution in [2.75, 3.05) is 16.5 Å². The van der Waals surface area contributed by atoms with Crippen LogP contribution in [0.15, 0.2) is 59.7 Å². The number of carbonyl (C=O) groups excluding carboxylic acids is 1. The van der Waals surface area contributed by atoms with Gasteiger partial charge in [-0.25, -0.2) is 19.9 Å². The average molecular weight is 295 g/mol. The normalized spacial score (nSPS) is 10.4. The molecule has 0 aliphatic carbocycles. The molecule has 0 radical (unpaired) electrons. The van der Waals surface area contributed by atoms with Gasteiger partial charge in [0.15, 0.2) is 0 Å². The van der Waals surface area contributed by atoms with E-state index in [4.69, 9.17) is 5.73 Å². The molecular weight excluding hydrogens is 282 g/mol. The molecule has 7 heteroatoms. The summed E-state index contributed by atoms with van der Waals surface area (Å²) < 4.78 is 1.04. The monoisotopic (exact) mass is 295 g/mol. The molecule has 3 rings (SSSR count). The zero-order valence-electron chi connectivity index (χ0n) is 11.5. The van der Waals surface area contributed by atoms with E-state index in [1.165, 1.54) is 6.33 Å². The number of nitrogen functional groups attached to an aromatic ring is 1. The molecule has 1 heterocycles. The second-order valence-corrected chi connectivity index (χ2v) is 4.62. The van der Waals surface area contributed by atoms with E-state index in [-0.39, 0.29) is 5.56 Å². The molecule has 3 aromatic rings. The quantitative estimate of drug-likeness (QED) is 0.627. The number of rotatable bonds is 2. The van der Waals surface area contributed by atoms with Crippen LogP contribution < -0.4 is 22.0 Å². The zero-order chi connectivity index (χ0) is 15.5. The number of nitrogens with zero attached hydrogens (tertiary/aromatic N) is 2. The van der Waals surface area contributed by atoms with Gasteiger partial charge in [0, 0.05) is 11.4 Å². The Bertz CT molecular complexity index is 886. The molecule has 1 aromatic heterocycles. The van der Waals surface area contributed by atoms with Gasteiger partial charge < -0.3 is 11.1 Å². The van der Waals surface area contributed by atoms with E-state index in [1.807, 2.05) is 0 Å². The molecule has 2 amide bonds. The van der Waals surface area contributed by atoms with Crippen LogP contribution in [0.2, 0.25) is 0 Å². The standard InChI is InChI=1S/C15H13N5O2/c16-10-5-7-11(8-6-10)18-15(22)19-20-9-17-13-4-2-1-3-12(13)14(20)21/h1-9H,16H2,(H2,18,19,22). The second kappa shape index (κ2) is 5.57. The average Bonchev–Trinajstić information content (AvgIpc) is 2.53. The third kappa shape index (κ3) is 2.73. The molecule has 0 aliphatic heterocycles. The first-order valence-corrected chi connectivity index (χ1v) is 6.53. The van der Waals surface area contributed by atoms with Gasteiger partial charge in [-0.3, -0.25) is 4.79 Å². The Morgan fingerprint density at radius 3 is 2.59 bits per heavy atom. The molecule has 0 bridgehead atoms. The number of amides is 2. The van der Waals surface area contributed by atoms with Crippen molar-refractivity contribution >= 4 is 28.3 Å². The summed E-state index contributed by atoms with van der Waals surface area (Å²) in [5.74, 6) is 0. The van der Waals surface area contributed by atoms with Gasteiger partial charge >= 0.3 is 6.03 Å². The highest BCUT2D eigenvalue weighted by Crippen LogP contribution is 2.10. The third-order valence-corrected chi connectivity index (χ3v) is 3.06. The van der Waals surface area contributed by atoms with Gasteiger partial charge in [-0.15, -0.1) is 0 Å². The number of nitrogens with one attached hydrogen (secondary N) is 2. The lowest BCUT2D eigenvalue weighted by Crippen LogP contribution is -2.35. The van der Waals surface area contributed by atoms with Crippen LogP contribution in [-0.2, 0) is 0 Å². The van der Waals surface area contributed by atoms with E-state index in [9.17, 15) is 9.59 Å². The Kier molecular flexibility index (Phi) is 3.45. The Labute approximate surface area is 125 Å². The molecule has 0 saturated carbocycles. The fourth-order valence-electron chi connectivity index (χ4n) is 1.98. The van der Waals surface area contributed by atoms with Crippen LogP contribution in [0.4, 0.5) is 16.2 Å². The molecule has 0 fully saturated rings. The summed E-state index contributed by atoms with van der Waals surface area (Å²) in [6.45, 7) is 0. The highest BCUT2D eigenvalue weighted by Gasteiger charge is 2.06. The topological polar surface area (TPSA) is 102 Å². The van der Waals surface area contributed by atoms with Crippen LogP contribution in [0.1, 0.15) is 0 Å². The largest absolute Gasteiger partial charge is 0.399 e. The minimum Gasteiger partial charge on any atom is -0.399 e. The molecule has 0 atom stereocenters. The van der Waals surface area contributed by atoms with Crippen LogP contribution in [0.5, 0.6) is 0 Å². The van der Waals surface area contributed by atoms with E-state index in [2.05, 4.69) is 15.7 Å². The lowest BCUT2D eigenvalue weighted by molar-refractivity contribution is 0.259. The first kappa shape index (κ1) is 13.6. The highest BCUT2D eigenvalue weighted by molar-refractivity contribution is 5.95. The van der Waals surface area contributed by atoms with Crippen LogP contribution >= 0.6 is 0 Å². The first-order valence-electron chi connectivity index (χ1n) is 6.53. The summed E-state index contributed by atoms with van der Waals surface area (Å²) in [7, 11) is 0. The molecule has 4 N–H and O–H groups in total. The van der Waals surface area contributed by atoms with Crippen molar-refractivity contribution in [3.05, 3.63) is 65.2 Å². The maximum Gasteiger partial charge on any atom is 0.338 e. The van der Waals surface area contributed by atoms with Gasteiger partial charge in [-0.2, -0.15) is 0 Å². The predicted octanol–water partition coefficient (Wildman–Crippen LogP) is 1.75. The lowest BCUT2D eigenvalue weighted by atomic mass is 10.2. The highest BCUT2D eigenvalue weighted by atomic mass is 16.2. The molecule has 0 unspecified atom stereocenters. The fraction of sp³-hybridized carbons (Fsp3) is 0. The number of carbonyl (C=O) groups is 1. The Morgan fingerprint density at radius 1 is 1.09 bits per heavy atom. The van der Waals surface area contributed by atoms with Gasteiger partial charge in [0.1, 0.15) is 6.33 Å². The zero-order valence-corrected chi connectivity index (χ0v) is 11.5. The SMILES string of the molecule is Nc1ccc(NC(=O)Nn2cnc3ccccc3c2=O)cc1. The molecular formula is C15H13N5O2. The number of hydrogen-bond donors (Lipinski definition) is 3. The summed E-state index contributed by atoms with van der Waals surface area (Å²) >= 11 is 0. The second-order valence-electron chi connectivity index (χ2n) is 4.62. The third-order valence-electron chi connectivity index (χ3n) is 3.06. The number of hydrogen-bond acceptors (Lipinski definition) is 4. The van der Waals surface area contributed by atoms with Crippen molar-refractivity contribution < 1.29 is 4.79 Å². The molecule has 7 nitrogen and oxygen atoms in total. The first-order chi connectivity index (χ1) is 10.6. The van der Waals surface area contributed by atoms with Crippen LogP contribution in [-0.4, -0.2) is 15.7 Å². The molecule has 0 saturated heterocycles. The summed E-state index contributed by atoms with van der Waals surface area (Å²) in [5.41, 5.74) is 9.38. The van der Waals surface area contributed by atoms with E-state index in [0.29, 0.717) is 22.3 Å². The van der Waals surface area contributed by atoms with Crippen LogP contribution in [0.25, 0.3) is 10.9 Å². The maximum atomic E-state index is 12.2. The van der Waals surface area contributed by atoms with Gasteiger partial charge in [0.25, 0.3) is 5.56 Å². The van der Waals surface area contributed by atoms with Crippen molar-refractivity contribution in [1.29, 1.82) is 0 Å². The lowest BCUT2D eigenvalue weighted by Gasteiger charge is -2.10. The summed E-state index contributed by atoms with van der Waals surface area (Å²) in [6.07, 6.45) is 1.27. The van der Waals surface area contributed by atoms with Gasteiger partial charge in [0.2, 0.25) is 0 Å². The van der Waals surface area contributed by atoms with Gasteiger partial charge in [-0.05, 0) is 36.4 Å². The smallest absolute Gasteiger partial charge is 0.338 e. The summed E-state index contributed by atoms with van der Waals surface area (Å²) in [4.78, 5) is 28.3. The number of fused-ring (bicyclic) bond motifs is 1.